The Hall–Kier alpha value is -3.87. The number of thiazole rings is 1. The quantitative estimate of drug-likeness (QED) is 0.262. The monoisotopic (exact) mass is 557 g/mol. The minimum atomic E-state index is -3.82. The number of nitrogens with zero attached hydrogens (tertiary/aromatic N) is 3. The van der Waals surface area contributed by atoms with E-state index >= 15 is 0 Å². The highest BCUT2D eigenvalue weighted by Crippen LogP contribution is 2.21. The third kappa shape index (κ3) is 6.33. The van der Waals surface area contributed by atoms with Crippen LogP contribution in [0.15, 0.2) is 77.7 Å². The molecule has 12 heteroatoms. The second kappa shape index (κ2) is 12.6. The summed E-state index contributed by atoms with van der Waals surface area (Å²) in [6, 6.07) is 10.2. The summed E-state index contributed by atoms with van der Waals surface area (Å²) in [5.74, 6) is -1.68. The number of esters is 2. The third-order valence-corrected chi connectivity index (χ3v) is 8.20. The van der Waals surface area contributed by atoms with Crippen LogP contribution in [-0.2, 0) is 30.8 Å². The Balaban J connectivity index is 2.02. The molecule has 2 aromatic carbocycles. The van der Waals surface area contributed by atoms with E-state index in [9.17, 15) is 22.8 Å². The van der Waals surface area contributed by atoms with Gasteiger partial charge in [-0.3, -0.25) is 9.59 Å². The van der Waals surface area contributed by atoms with Crippen LogP contribution in [0.4, 0.5) is 0 Å². The molecule has 1 aromatic heterocycles. The van der Waals surface area contributed by atoms with E-state index in [4.69, 9.17) is 9.47 Å². The number of aromatic nitrogens is 1. The average Bonchev–Trinajstić information content (AvgIpc) is 3.24. The standard InChI is InChI=1S/C26H27N3O7S2/c1-5-14-28(15-6-2)38(33,34)20-11-8-18(9-12-20)24(31)27-26-29(17-23(30)35-4)21-13-10-19(16-22(21)37-26)25(32)36-7-3/h5-6,8-13,16H,1-2,7,14-15,17H2,3-4H3. The maximum Gasteiger partial charge on any atom is 0.338 e. The van der Waals surface area contributed by atoms with Gasteiger partial charge in [-0.1, -0.05) is 23.5 Å². The molecular formula is C26H27N3O7S2. The van der Waals surface area contributed by atoms with Gasteiger partial charge in [-0.2, -0.15) is 9.30 Å². The molecule has 0 unspecified atom stereocenters. The molecule has 0 atom stereocenters. The van der Waals surface area contributed by atoms with E-state index in [-0.39, 0.29) is 41.5 Å². The molecule has 0 saturated carbocycles. The van der Waals surface area contributed by atoms with Crippen molar-refractivity contribution in [3.63, 3.8) is 0 Å². The molecule has 0 spiro atoms. The number of rotatable bonds is 11. The molecule has 0 aliphatic rings. The topological polar surface area (TPSA) is 124 Å². The lowest BCUT2D eigenvalue weighted by Crippen LogP contribution is -2.31. The first-order chi connectivity index (χ1) is 18.2. The van der Waals surface area contributed by atoms with Crippen molar-refractivity contribution in [3.05, 3.63) is 83.7 Å². The first-order valence-corrected chi connectivity index (χ1v) is 13.7. The summed E-state index contributed by atoms with van der Waals surface area (Å²) in [5, 5.41) is 0. The fraction of sp³-hybridized carbons (Fsp3) is 0.231. The van der Waals surface area contributed by atoms with Crippen LogP contribution >= 0.6 is 11.3 Å². The number of hydrogen-bond acceptors (Lipinski definition) is 8. The Labute approximate surface area is 224 Å². The van der Waals surface area contributed by atoms with Gasteiger partial charge in [-0.05, 0) is 49.4 Å². The minimum Gasteiger partial charge on any atom is -0.468 e. The molecule has 3 aromatic rings. The van der Waals surface area contributed by atoms with Crippen LogP contribution in [0, 0.1) is 0 Å². The summed E-state index contributed by atoms with van der Waals surface area (Å²) in [6.45, 7) is 9.10. The van der Waals surface area contributed by atoms with Crippen molar-refractivity contribution in [2.24, 2.45) is 4.99 Å². The molecule has 0 bridgehead atoms. The molecule has 0 fully saturated rings. The Kier molecular flexibility index (Phi) is 9.50. The smallest absolute Gasteiger partial charge is 0.338 e. The number of carbonyl (C=O) groups excluding carboxylic acids is 3. The summed E-state index contributed by atoms with van der Waals surface area (Å²) in [6.07, 6.45) is 2.95. The predicted octanol–water partition coefficient (Wildman–Crippen LogP) is 3.16. The maximum atomic E-state index is 13.0. The molecule has 1 amide bonds. The first-order valence-electron chi connectivity index (χ1n) is 11.4. The molecule has 0 aliphatic carbocycles. The Bertz CT molecular complexity index is 1540. The molecule has 38 heavy (non-hydrogen) atoms. The fourth-order valence-electron chi connectivity index (χ4n) is 3.48. The Morgan fingerprint density at radius 1 is 1.05 bits per heavy atom. The van der Waals surface area contributed by atoms with Gasteiger partial charge in [0.25, 0.3) is 5.91 Å². The van der Waals surface area contributed by atoms with Gasteiger partial charge in [0.05, 0.1) is 34.4 Å². The number of fused-ring (bicyclic) bond motifs is 1. The van der Waals surface area contributed by atoms with Gasteiger partial charge in [0.2, 0.25) is 10.0 Å². The molecule has 200 valence electrons. The lowest BCUT2D eigenvalue weighted by molar-refractivity contribution is -0.141. The van der Waals surface area contributed by atoms with Crippen molar-refractivity contribution < 1.29 is 32.3 Å². The molecule has 0 saturated heterocycles. The second-order valence-electron chi connectivity index (χ2n) is 7.79. The molecular weight excluding hydrogens is 530 g/mol. The summed E-state index contributed by atoms with van der Waals surface area (Å²) >= 11 is 1.11. The molecule has 0 aliphatic heterocycles. The largest absolute Gasteiger partial charge is 0.468 e. The Morgan fingerprint density at radius 3 is 2.26 bits per heavy atom. The summed E-state index contributed by atoms with van der Waals surface area (Å²) in [7, 11) is -2.58. The average molecular weight is 558 g/mol. The number of hydrogen-bond donors (Lipinski definition) is 0. The normalized spacial score (nSPS) is 11.9. The second-order valence-corrected chi connectivity index (χ2v) is 10.7. The van der Waals surface area contributed by atoms with Gasteiger partial charge >= 0.3 is 11.9 Å². The van der Waals surface area contributed by atoms with Gasteiger partial charge in [0, 0.05) is 18.7 Å². The van der Waals surface area contributed by atoms with E-state index in [1.807, 2.05) is 0 Å². The van der Waals surface area contributed by atoms with Gasteiger partial charge in [-0.15, -0.1) is 13.2 Å². The van der Waals surface area contributed by atoms with E-state index in [1.54, 1.807) is 25.1 Å². The zero-order chi connectivity index (χ0) is 27.9. The van der Waals surface area contributed by atoms with Crippen molar-refractivity contribution in [1.82, 2.24) is 8.87 Å². The summed E-state index contributed by atoms with van der Waals surface area (Å²) in [5.41, 5.74) is 1.05. The number of ether oxygens (including phenoxy) is 2. The zero-order valence-corrected chi connectivity index (χ0v) is 22.6. The number of amides is 1. The molecule has 3 rings (SSSR count). The molecule has 1 heterocycles. The fourth-order valence-corrected chi connectivity index (χ4v) is 5.92. The highest BCUT2D eigenvalue weighted by Gasteiger charge is 2.23. The van der Waals surface area contributed by atoms with Crippen molar-refractivity contribution in [2.75, 3.05) is 26.8 Å². The molecule has 0 radical (unpaired) electrons. The van der Waals surface area contributed by atoms with E-state index in [2.05, 4.69) is 18.2 Å². The van der Waals surface area contributed by atoms with Gasteiger partial charge in [-0.25, -0.2) is 13.2 Å². The highest BCUT2D eigenvalue weighted by molar-refractivity contribution is 7.89. The molecule has 0 N–H and O–H groups in total. The van der Waals surface area contributed by atoms with Crippen molar-refractivity contribution in [2.45, 2.75) is 18.4 Å². The predicted molar refractivity (Wildman–Crippen MR) is 143 cm³/mol. The zero-order valence-electron chi connectivity index (χ0n) is 21.0. The highest BCUT2D eigenvalue weighted by atomic mass is 32.2. The van der Waals surface area contributed by atoms with Crippen LogP contribution in [0.1, 0.15) is 27.6 Å². The number of carbonyl (C=O) groups is 3. The van der Waals surface area contributed by atoms with Gasteiger partial charge in [0.1, 0.15) is 6.54 Å². The van der Waals surface area contributed by atoms with Crippen molar-refractivity contribution >= 4 is 49.4 Å². The van der Waals surface area contributed by atoms with E-state index in [0.29, 0.717) is 15.8 Å². The third-order valence-electron chi connectivity index (χ3n) is 5.31. The molecule has 10 nitrogen and oxygen atoms in total. The number of methoxy groups -OCH3 is 1. The SMILES string of the molecule is C=CCN(CC=C)S(=O)(=O)c1ccc(C(=O)N=c2sc3cc(C(=O)OCC)ccc3n2CC(=O)OC)cc1. The van der Waals surface area contributed by atoms with Crippen LogP contribution in [-0.4, -0.2) is 61.9 Å². The van der Waals surface area contributed by atoms with Crippen molar-refractivity contribution in [1.29, 1.82) is 0 Å². The van der Waals surface area contributed by atoms with Crippen molar-refractivity contribution in [3.8, 4) is 0 Å². The van der Waals surface area contributed by atoms with Crippen LogP contribution in [0.2, 0.25) is 0 Å². The van der Waals surface area contributed by atoms with E-state index in [1.165, 1.54) is 52.4 Å². The van der Waals surface area contributed by atoms with Crippen LogP contribution in [0.3, 0.4) is 0 Å². The minimum absolute atomic E-state index is 0.00635. The lowest BCUT2D eigenvalue weighted by atomic mass is 10.2. The maximum absolute atomic E-state index is 13.0. The van der Waals surface area contributed by atoms with Crippen LogP contribution in [0.25, 0.3) is 10.2 Å². The Morgan fingerprint density at radius 2 is 1.68 bits per heavy atom. The van der Waals surface area contributed by atoms with Gasteiger partial charge in [0.15, 0.2) is 4.80 Å². The lowest BCUT2D eigenvalue weighted by Gasteiger charge is -2.19. The summed E-state index contributed by atoms with van der Waals surface area (Å²) in [4.78, 5) is 41.6. The van der Waals surface area contributed by atoms with E-state index < -0.39 is 27.9 Å². The van der Waals surface area contributed by atoms with Crippen LogP contribution in [0.5, 0.6) is 0 Å². The first kappa shape index (κ1) is 28.7. The number of benzene rings is 2. The number of sulfonamides is 1. The van der Waals surface area contributed by atoms with E-state index in [0.717, 1.165) is 11.3 Å². The van der Waals surface area contributed by atoms with Crippen LogP contribution < -0.4 is 4.80 Å². The summed E-state index contributed by atoms with van der Waals surface area (Å²) < 4.78 is 39.0. The van der Waals surface area contributed by atoms with Gasteiger partial charge < -0.3 is 14.0 Å².